The molecule has 0 atom stereocenters. The summed E-state index contributed by atoms with van der Waals surface area (Å²) in [5.41, 5.74) is 1.91. The van der Waals surface area contributed by atoms with Crippen molar-refractivity contribution in [3.05, 3.63) is 42.1 Å². The number of para-hydroxylation sites is 1. The first-order valence-electron chi connectivity index (χ1n) is 4.80. The van der Waals surface area contributed by atoms with Crippen LogP contribution in [0, 0.1) is 0 Å². The summed E-state index contributed by atoms with van der Waals surface area (Å²) in [4.78, 5) is 14.4. The minimum Gasteiger partial charge on any atom is -0.467 e. The minimum atomic E-state index is 0.384. The normalized spacial score (nSPS) is 10.1. The van der Waals surface area contributed by atoms with Gasteiger partial charge in [0, 0.05) is 17.5 Å². The van der Waals surface area contributed by atoms with E-state index < -0.39 is 0 Å². The van der Waals surface area contributed by atoms with Crippen LogP contribution in [0.5, 0.6) is 0 Å². The summed E-state index contributed by atoms with van der Waals surface area (Å²) in [5, 5.41) is 1.12. The second-order valence-corrected chi connectivity index (χ2v) is 3.21. The number of pyridine rings is 1. The van der Waals surface area contributed by atoms with Gasteiger partial charge in [0.15, 0.2) is 0 Å². The van der Waals surface area contributed by atoms with Crippen LogP contribution in [0.3, 0.4) is 0 Å². The highest BCUT2D eigenvalue weighted by Gasteiger charge is 1.97. The fourth-order valence-corrected chi connectivity index (χ4v) is 1.46. The van der Waals surface area contributed by atoms with Gasteiger partial charge in [-0.25, -0.2) is 0 Å². The highest BCUT2D eigenvalue weighted by atomic mass is 16.5. The smallest absolute Gasteiger partial charge is 0.293 e. The maximum Gasteiger partial charge on any atom is 0.293 e. The third kappa shape index (κ3) is 2.31. The number of rotatable bonds is 4. The molecule has 0 spiro atoms. The maximum atomic E-state index is 9.96. The Morgan fingerprint density at radius 3 is 2.93 bits per heavy atom. The maximum absolute atomic E-state index is 9.96. The Morgan fingerprint density at radius 2 is 2.07 bits per heavy atom. The van der Waals surface area contributed by atoms with E-state index in [9.17, 15) is 4.79 Å². The summed E-state index contributed by atoms with van der Waals surface area (Å²) >= 11 is 0. The zero-order chi connectivity index (χ0) is 10.5. The summed E-state index contributed by atoms with van der Waals surface area (Å²) in [6.07, 6.45) is 0.656. The fraction of sp³-hybridized carbons (Fsp3) is 0.167. The monoisotopic (exact) mass is 201 g/mol. The van der Waals surface area contributed by atoms with Gasteiger partial charge in [-0.3, -0.25) is 9.78 Å². The summed E-state index contributed by atoms with van der Waals surface area (Å²) in [6, 6.07) is 11.9. The Labute approximate surface area is 87.7 Å². The topological polar surface area (TPSA) is 39.2 Å². The lowest BCUT2D eigenvalue weighted by atomic mass is 10.2. The van der Waals surface area contributed by atoms with E-state index in [-0.39, 0.29) is 0 Å². The van der Waals surface area contributed by atoms with Crippen molar-refractivity contribution in [3.63, 3.8) is 0 Å². The lowest BCUT2D eigenvalue weighted by molar-refractivity contribution is -0.128. The van der Waals surface area contributed by atoms with Crippen molar-refractivity contribution >= 4 is 17.4 Å². The van der Waals surface area contributed by atoms with Crippen molar-refractivity contribution in [3.8, 4) is 0 Å². The van der Waals surface area contributed by atoms with Crippen LogP contribution >= 0.6 is 0 Å². The summed E-state index contributed by atoms with van der Waals surface area (Å²) in [5.74, 6) is 0. The zero-order valence-electron chi connectivity index (χ0n) is 8.22. The molecule has 0 aliphatic heterocycles. The number of aromatic nitrogens is 1. The van der Waals surface area contributed by atoms with Crippen LogP contribution in [0.4, 0.5) is 0 Å². The lowest BCUT2D eigenvalue weighted by Gasteiger charge is -2.01. The van der Waals surface area contributed by atoms with Gasteiger partial charge in [0.1, 0.15) is 0 Å². The van der Waals surface area contributed by atoms with Gasteiger partial charge in [-0.2, -0.15) is 0 Å². The van der Waals surface area contributed by atoms with Crippen LogP contribution in [0.2, 0.25) is 0 Å². The SMILES string of the molecule is O=COCCc1ccc2ccccc2n1. The predicted molar refractivity (Wildman–Crippen MR) is 57.5 cm³/mol. The van der Waals surface area contributed by atoms with Crippen molar-refractivity contribution in [2.45, 2.75) is 6.42 Å². The van der Waals surface area contributed by atoms with Crippen molar-refractivity contribution in [1.82, 2.24) is 4.98 Å². The van der Waals surface area contributed by atoms with Gasteiger partial charge in [0.05, 0.1) is 12.1 Å². The first-order valence-corrected chi connectivity index (χ1v) is 4.80. The molecule has 1 heterocycles. The number of carbonyl (C=O) groups is 1. The van der Waals surface area contributed by atoms with Crippen LogP contribution in [0.25, 0.3) is 10.9 Å². The molecule has 0 aliphatic carbocycles. The summed E-state index contributed by atoms with van der Waals surface area (Å²) < 4.78 is 4.63. The summed E-state index contributed by atoms with van der Waals surface area (Å²) in [6.45, 7) is 0.843. The molecule has 15 heavy (non-hydrogen) atoms. The quantitative estimate of drug-likeness (QED) is 0.560. The summed E-state index contributed by atoms with van der Waals surface area (Å²) in [7, 11) is 0. The van der Waals surface area contributed by atoms with Gasteiger partial charge in [0.25, 0.3) is 6.47 Å². The number of hydrogen-bond donors (Lipinski definition) is 0. The molecule has 2 rings (SSSR count). The van der Waals surface area contributed by atoms with Gasteiger partial charge < -0.3 is 4.74 Å². The number of hydrogen-bond acceptors (Lipinski definition) is 3. The number of nitrogens with zero attached hydrogens (tertiary/aromatic N) is 1. The van der Waals surface area contributed by atoms with E-state index in [1.54, 1.807) is 0 Å². The molecule has 0 unspecified atom stereocenters. The molecule has 0 fully saturated rings. The van der Waals surface area contributed by atoms with Crippen molar-refractivity contribution < 1.29 is 9.53 Å². The molecular formula is C12H11NO2. The second kappa shape index (κ2) is 4.55. The minimum absolute atomic E-state index is 0.384. The molecule has 3 heteroatoms. The molecule has 0 amide bonds. The highest BCUT2D eigenvalue weighted by molar-refractivity contribution is 5.78. The van der Waals surface area contributed by atoms with Gasteiger partial charge in [-0.05, 0) is 12.1 Å². The Morgan fingerprint density at radius 1 is 1.20 bits per heavy atom. The van der Waals surface area contributed by atoms with Crippen molar-refractivity contribution in [1.29, 1.82) is 0 Å². The lowest BCUT2D eigenvalue weighted by Crippen LogP contribution is -1.98. The molecule has 76 valence electrons. The average molecular weight is 201 g/mol. The number of benzene rings is 1. The van der Waals surface area contributed by atoms with E-state index in [0.717, 1.165) is 16.6 Å². The molecule has 0 aliphatic rings. The van der Waals surface area contributed by atoms with Crippen molar-refractivity contribution in [2.24, 2.45) is 0 Å². The van der Waals surface area contributed by atoms with Gasteiger partial charge in [-0.15, -0.1) is 0 Å². The molecule has 0 saturated heterocycles. The van der Waals surface area contributed by atoms with Crippen LogP contribution in [0.1, 0.15) is 5.69 Å². The van der Waals surface area contributed by atoms with Crippen LogP contribution < -0.4 is 0 Å². The molecule has 3 nitrogen and oxygen atoms in total. The largest absolute Gasteiger partial charge is 0.467 e. The van der Waals surface area contributed by atoms with Crippen LogP contribution in [-0.2, 0) is 16.0 Å². The number of carbonyl (C=O) groups excluding carboxylic acids is 1. The highest BCUT2D eigenvalue weighted by Crippen LogP contribution is 2.11. The molecule has 1 aromatic carbocycles. The number of fused-ring (bicyclic) bond motifs is 1. The molecule has 0 radical (unpaired) electrons. The Balaban J connectivity index is 2.19. The van der Waals surface area contributed by atoms with Crippen LogP contribution in [-0.4, -0.2) is 18.1 Å². The molecular weight excluding hydrogens is 190 g/mol. The Bertz CT molecular complexity index is 468. The number of ether oxygens (including phenoxy) is 1. The van der Waals surface area contributed by atoms with Gasteiger partial charge >= 0.3 is 0 Å². The van der Waals surface area contributed by atoms with Crippen molar-refractivity contribution in [2.75, 3.05) is 6.61 Å². The average Bonchev–Trinajstić information content (AvgIpc) is 2.29. The zero-order valence-corrected chi connectivity index (χ0v) is 8.22. The first-order chi connectivity index (χ1) is 7.40. The standard InChI is InChI=1S/C12H11NO2/c14-9-15-8-7-11-6-5-10-3-1-2-4-12(10)13-11/h1-6,9H,7-8H2. The molecule has 0 bridgehead atoms. The Hall–Kier alpha value is -1.90. The molecule has 2 aromatic rings. The molecule has 0 N–H and O–H groups in total. The third-order valence-electron chi connectivity index (χ3n) is 2.20. The second-order valence-electron chi connectivity index (χ2n) is 3.21. The Kier molecular flexibility index (Phi) is 2.93. The van der Waals surface area contributed by atoms with E-state index in [4.69, 9.17) is 0 Å². The predicted octanol–water partition coefficient (Wildman–Crippen LogP) is 1.95. The molecule has 0 saturated carbocycles. The van der Waals surface area contributed by atoms with Crippen LogP contribution in [0.15, 0.2) is 36.4 Å². The van der Waals surface area contributed by atoms with E-state index in [2.05, 4.69) is 9.72 Å². The van der Waals surface area contributed by atoms with E-state index in [1.807, 2.05) is 36.4 Å². The first kappa shape index (κ1) is 9.65. The van der Waals surface area contributed by atoms with E-state index >= 15 is 0 Å². The van der Waals surface area contributed by atoms with E-state index in [0.29, 0.717) is 19.5 Å². The van der Waals surface area contributed by atoms with E-state index in [1.165, 1.54) is 0 Å². The molecule has 1 aromatic heterocycles. The third-order valence-corrected chi connectivity index (χ3v) is 2.20. The van der Waals surface area contributed by atoms with Gasteiger partial charge in [0.2, 0.25) is 0 Å². The fourth-order valence-electron chi connectivity index (χ4n) is 1.46. The van der Waals surface area contributed by atoms with Gasteiger partial charge in [-0.1, -0.05) is 24.3 Å².